The largest absolute Gasteiger partial charge is 0.341 e. The van der Waals surface area contributed by atoms with E-state index in [9.17, 15) is 4.79 Å². The number of rotatable bonds is 6. The second-order valence-electron chi connectivity index (χ2n) is 10.0. The predicted octanol–water partition coefficient (Wildman–Crippen LogP) is 5.21. The van der Waals surface area contributed by atoms with Crippen LogP contribution in [-0.2, 0) is 17.6 Å². The van der Waals surface area contributed by atoms with Crippen LogP contribution in [-0.4, -0.2) is 47.9 Å². The molecule has 168 valence electrons. The molecule has 3 nitrogen and oxygen atoms in total. The predicted molar refractivity (Wildman–Crippen MR) is 131 cm³/mol. The van der Waals surface area contributed by atoms with Crippen LogP contribution in [0, 0.1) is 11.8 Å². The van der Waals surface area contributed by atoms with E-state index in [4.69, 9.17) is 0 Å². The van der Waals surface area contributed by atoms with Crippen LogP contribution in [0.1, 0.15) is 49.3 Å². The van der Waals surface area contributed by atoms with Crippen molar-refractivity contribution in [3.63, 3.8) is 0 Å². The molecule has 2 aromatic rings. The van der Waals surface area contributed by atoms with Crippen molar-refractivity contribution < 1.29 is 4.79 Å². The fraction of sp³-hybridized carbons (Fsp3) is 0.483. The molecule has 2 aromatic carbocycles. The summed E-state index contributed by atoms with van der Waals surface area (Å²) in [6, 6.07) is 20.2. The van der Waals surface area contributed by atoms with Crippen LogP contribution in [0.5, 0.6) is 0 Å². The third-order valence-electron chi connectivity index (χ3n) is 7.96. The van der Waals surface area contributed by atoms with Crippen LogP contribution in [0.25, 0.3) is 5.57 Å². The molecule has 5 rings (SSSR count). The highest BCUT2D eigenvalue weighted by Gasteiger charge is 2.38. The molecule has 0 spiro atoms. The van der Waals surface area contributed by atoms with Gasteiger partial charge in [-0.3, -0.25) is 4.79 Å². The molecule has 2 saturated heterocycles. The fourth-order valence-electron chi connectivity index (χ4n) is 6.00. The number of carbonyl (C=O) groups excluding carboxylic acids is 1. The Morgan fingerprint density at radius 3 is 2.53 bits per heavy atom. The second-order valence-corrected chi connectivity index (χ2v) is 10.0. The molecular weight excluding hydrogens is 392 g/mol. The number of benzene rings is 2. The number of hydrogen-bond donors (Lipinski definition) is 0. The van der Waals surface area contributed by atoms with Gasteiger partial charge in [0.05, 0.1) is 6.42 Å². The lowest BCUT2D eigenvalue weighted by atomic mass is 9.78. The minimum absolute atomic E-state index is 0.274. The Kier molecular flexibility index (Phi) is 6.45. The highest BCUT2D eigenvalue weighted by Crippen LogP contribution is 2.41. The quantitative estimate of drug-likeness (QED) is 0.631. The van der Waals surface area contributed by atoms with Crippen LogP contribution in [0.2, 0.25) is 0 Å². The number of fused-ring (bicyclic) bond motifs is 1. The zero-order valence-electron chi connectivity index (χ0n) is 19.4. The van der Waals surface area contributed by atoms with E-state index in [1.54, 1.807) is 0 Å². The molecule has 1 aliphatic carbocycles. The Morgan fingerprint density at radius 2 is 1.78 bits per heavy atom. The molecule has 1 amide bonds. The van der Waals surface area contributed by atoms with E-state index in [0.29, 0.717) is 18.3 Å². The molecule has 3 heteroatoms. The summed E-state index contributed by atoms with van der Waals surface area (Å²) >= 11 is 0. The van der Waals surface area contributed by atoms with Gasteiger partial charge in [-0.2, -0.15) is 0 Å². The topological polar surface area (TPSA) is 23.6 Å². The van der Waals surface area contributed by atoms with E-state index in [-0.39, 0.29) is 5.91 Å². The first-order valence-corrected chi connectivity index (χ1v) is 12.5. The van der Waals surface area contributed by atoms with Gasteiger partial charge in [-0.1, -0.05) is 60.7 Å². The Hall–Kier alpha value is -2.39. The minimum Gasteiger partial charge on any atom is -0.341 e. The maximum absolute atomic E-state index is 13.0. The molecule has 2 aliphatic heterocycles. The van der Waals surface area contributed by atoms with Crippen molar-refractivity contribution in [1.82, 2.24) is 9.80 Å². The Bertz CT molecular complexity index is 949. The van der Waals surface area contributed by atoms with Gasteiger partial charge in [-0.05, 0) is 73.8 Å². The van der Waals surface area contributed by atoms with E-state index >= 15 is 0 Å². The number of amides is 1. The monoisotopic (exact) mass is 428 g/mol. The van der Waals surface area contributed by atoms with Crippen molar-refractivity contribution in [2.75, 3.05) is 26.2 Å². The fourth-order valence-corrected chi connectivity index (χ4v) is 6.00. The maximum Gasteiger partial charge on any atom is 0.227 e. The molecule has 2 heterocycles. The standard InChI is InChI=1S/C29H36N2O/c1-22-7-6-17-30(22)18-16-23-12-14-25(15-13-23)27-11-5-10-26-20-31(21-28(26)27)29(32)19-24-8-3-2-4-9-24/h2-4,8-9,11-15,22,26,28H,5-7,10,16-21H2,1H3/t22-,26?,28?/m1/s1. The average Bonchev–Trinajstić information content (AvgIpc) is 3.44. The van der Waals surface area contributed by atoms with Gasteiger partial charge in [-0.25, -0.2) is 0 Å². The van der Waals surface area contributed by atoms with Crippen LogP contribution in [0.4, 0.5) is 0 Å². The molecule has 0 N–H and O–H groups in total. The zero-order valence-corrected chi connectivity index (χ0v) is 19.4. The van der Waals surface area contributed by atoms with E-state index in [1.165, 1.54) is 49.1 Å². The SMILES string of the molecule is C[C@@H]1CCCN1CCc1ccc(C2=CCCC3CN(C(=O)Cc4ccccc4)CC23)cc1. The number of carbonyl (C=O) groups is 1. The Balaban J connectivity index is 1.21. The van der Waals surface area contributed by atoms with Crippen molar-refractivity contribution in [1.29, 1.82) is 0 Å². The Morgan fingerprint density at radius 1 is 0.969 bits per heavy atom. The average molecular weight is 429 g/mol. The molecule has 2 unspecified atom stereocenters. The summed E-state index contributed by atoms with van der Waals surface area (Å²) in [7, 11) is 0. The lowest BCUT2D eigenvalue weighted by molar-refractivity contribution is -0.129. The van der Waals surface area contributed by atoms with Crippen molar-refractivity contribution in [3.05, 3.63) is 77.4 Å². The van der Waals surface area contributed by atoms with Gasteiger partial charge < -0.3 is 9.80 Å². The molecular formula is C29H36N2O. The highest BCUT2D eigenvalue weighted by molar-refractivity contribution is 5.80. The summed E-state index contributed by atoms with van der Waals surface area (Å²) in [4.78, 5) is 17.7. The molecule has 3 atom stereocenters. The van der Waals surface area contributed by atoms with Gasteiger partial charge in [0, 0.05) is 31.6 Å². The van der Waals surface area contributed by atoms with Crippen molar-refractivity contribution in [2.24, 2.45) is 11.8 Å². The first-order valence-electron chi connectivity index (χ1n) is 12.5. The van der Waals surface area contributed by atoms with Gasteiger partial charge >= 0.3 is 0 Å². The van der Waals surface area contributed by atoms with E-state index in [1.807, 2.05) is 18.2 Å². The van der Waals surface area contributed by atoms with Crippen LogP contribution >= 0.6 is 0 Å². The van der Waals surface area contributed by atoms with Gasteiger partial charge in [0.25, 0.3) is 0 Å². The molecule has 3 aliphatic rings. The third kappa shape index (κ3) is 4.68. The maximum atomic E-state index is 13.0. The molecule has 0 aromatic heterocycles. The third-order valence-corrected chi connectivity index (χ3v) is 7.96. The second kappa shape index (κ2) is 9.62. The summed E-state index contributed by atoms with van der Waals surface area (Å²) in [6.07, 6.45) is 9.12. The summed E-state index contributed by atoms with van der Waals surface area (Å²) < 4.78 is 0. The molecule has 0 bridgehead atoms. The molecule has 32 heavy (non-hydrogen) atoms. The molecule has 2 fully saturated rings. The number of hydrogen-bond acceptors (Lipinski definition) is 2. The summed E-state index contributed by atoms with van der Waals surface area (Å²) in [5.74, 6) is 1.36. The van der Waals surface area contributed by atoms with Gasteiger partial charge in [0.2, 0.25) is 5.91 Å². The van der Waals surface area contributed by atoms with Crippen molar-refractivity contribution in [2.45, 2.75) is 51.5 Å². The first-order chi connectivity index (χ1) is 15.7. The van der Waals surface area contributed by atoms with E-state index in [0.717, 1.165) is 37.5 Å². The van der Waals surface area contributed by atoms with Gasteiger partial charge in [-0.15, -0.1) is 0 Å². The van der Waals surface area contributed by atoms with E-state index < -0.39 is 0 Å². The lowest BCUT2D eigenvalue weighted by Crippen LogP contribution is -2.30. The summed E-state index contributed by atoms with van der Waals surface area (Å²) in [5.41, 5.74) is 5.38. The van der Waals surface area contributed by atoms with Gasteiger partial charge in [0.1, 0.15) is 0 Å². The Labute approximate surface area is 193 Å². The number of likely N-dealkylation sites (tertiary alicyclic amines) is 2. The highest BCUT2D eigenvalue weighted by atomic mass is 16.2. The summed E-state index contributed by atoms with van der Waals surface area (Å²) in [5, 5.41) is 0. The number of nitrogens with zero attached hydrogens (tertiary/aromatic N) is 2. The van der Waals surface area contributed by atoms with Crippen molar-refractivity contribution >= 4 is 11.5 Å². The van der Waals surface area contributed by atoms with Crippen LogP contribution < -0.4 is 0 Å². The van der Waals surface area contributed by atoms with E-state index in [2.05, 4.69) is 59.2 Å². The van der Waals surface area contributed by atoms with Crippen LogP contribution in [0.3, 0.4) is 0 Å². The van der Waals surface area contributed by atoms with Gasteiger partial charge in [0.15, 0.2) is 0 Å². The lowest BCUT2D eigenvalue weighted by Gasteiger charge is -2.26. The minimum atomic E-state index is 0.274. The smallest absolute Gasteiger partial charge is 0.227 e. The number of allylic oxidation sites excluding steroid dienone is 1. The summed E-state index contributed by atoms with van der Waals surface area (Å²) in [6.45, 7) is 6.58. The normalized spacial score (nSPS) is 25.6. The molecule has 0 saturated carbocycles. The molecule has 0 radical (unpaired) electrons. The van der Waals surface area contributed by atoms with Crippen LogP contribution in [0.15, 0.2) is 60.7 Å². The zero-order chi connectivity index (χ0) is 21.9. The first kappa shape index (κ1) is 21.5. The van der Waals surface area contributed by atoms with Crippen molar-refractivity contribution in [3.8, 4) is 0 Å².